The average molecular weight is 650 g/mol. The number of nitrogens with zero attached hydrogens (tertiary/aromatic N) is 3. The minimum absolute atomic E-state index is 1.13. The lowest BCUT2D eigenvalue weighted by atomic mass is 10.0. The minimum Gasteiger partial charge on any atom is -0.309 e. The largest absolute Gasteiger partial charge is 0.309 e. The number of fused-ring (bicyclic) bond motifs is 9. The Kier molecular flexibility index (Phi) is 5.96. The second-order valence-corrected chi connectivity index (χ2v) is 13.4. The SMILES string of the molecule is c1cc(-c2ccc(-n3c4ccccc4c4ccccc43)cc2-n2c3ccccc3c3ccccc32)cc(-n2c3ccccc3c3ccccc32)c1. The van der Waals surface area contributed by atoms with Gasteiger partial charge in [0.15, 0.2) is 0 Å². The third kappa shape index (κ3) is 4.06. The van der Waals surface area contributed by atoms with Crippen molar-refractivity contribution in [3.8, 4) is 28.2 Å². The Morgan fingerprint density at radius 3 is 1.02 bits per heavy atom. The molecule has 0 aliphatic rings. The van der Waals surface area contributed by atoms with Crippen LogP contribution in [0.15, 0.2) is 188 Å². The summed E-state index contributed by atoms with van der Waals surface area (Å²) in [6, 6.07) is 68.5. The molecular formula is C48H31N3. The minimum atomic E-state index is 1.13. The van der Waals surface area contributed by atoms with Gasteiger partial charge in [-0.2, -0.15) is 0 Å². The van der Waals surface area contributed by atoms with Crippen LogP contribution in [0.1, 0.15) is 0 Å². The number of benzene rings is 8. The van der Waals surface area contributed by atoms with Crippen LogP contribution in [-0.4, -0.2) is 13.7 Å². The monoisotopic (exact) mass is 649 g/mol. The highest BCUT2D eigenvalue weighted by atomic mass is 15.0. The molecule has 11 aromatic rings. The van der Waals surface area contributed by atoms with Gasteiger partial charge in [0, 0.05) is 49.3 Å². The highest BCUT2D eigenvalue weighted by molar-refractivity contribution is 6.12. The summed E-state index contributed by atoms with van der Waals surface area (Å²) in [6.45, 7) is 0. The molecule has 0 amide bonds. The maximum Gasteiger partial charge on any atom is 0.0561 e. The lowest BCUT2D eigenvalue weighted by Crippen LogP contribution is -2.02. The summed E-state index contributed by atoms with van der Waals surface area (Å²) >= 11 is 0. The van der Waals surface area contributed by atoms with E-state index in [0.717, 1.165) is 17.1 Å². The molecule has 51 heavy (non-hydrogen) atoms. The second-order valence-electron chi connectivity index (χ2n) is 13.4. The molecule has 3 nitrogen and oxygen atoms in total. The summed E-state index contributed by atoms with van der Waals surface area (Å²) in [7, 11) is 0. The summed E-state index contributed by atoms with van der Waals surface area (Å²) < 4.78 is 7.28. The molecular weight excluding hydrogens is 619 g/mol. The number of rotatable bonds is 4. The molecule has 11 rings (SSSR count). The fraction of sp³-hybridized carbons (Fsp3) is 0. The van der Waals surface area contributed by atoms with E-state index in [4.69, 9.17) is 0 Å². The van der Waals surface area contributed by atoms with Crippen LogP contribution in [0.25, 0.3) is 93.6 Å². The van der Waals surface area contributed by atoms with Crippen LogP contribution < -0.4 is 0 Å². The number of para-hydroxylation sites is 6. The molecule has 0 radical (unpaired) electrons. The predicted molar refractivity (Wildman–Crippen MR) is 215 cm³/mol. The van der Waals surface area contributed by atoms with Crippen molar-refractivity contribution in [2.24, 2.45) is 0 Å². The summed E-state index contributed by atoms with van der Waals surface area (Å²) in [5, 5.41) is 7.55. The molecule has 3 heterocycles. The molecule has 3 heteroatoms. The number of aromatic nitrogens is 3. The Balaban J connectivity index is 1.22. The summed E-state index contributed by atoms with van der Waals surface area (Å²) in [6.07, 6.45) is 0. The van der Waals surface area contributed by atoms with Gasteiger partial charge in [0.25, 0.3) is 0 Å². The average Bonchev–Trinajstić information content (AvgIpc) is 3.84. The van der Waals surface area contributed by atoms with Crippen LogP contribution in [0.4, 0.5) is 0 Å². The van der Waals surface area contributed by atoms with Gasteiger partial charge in [0.05, 0.1) is 38.8 Å². The van der Waals surface area contributed by atoms with Crippen LogP contribution in [0, 0.1) is 0 Å². The summed E-state index contributed by atoms with van der Waals surface area (Å²) in [5.74, 6) is 0. The van der Waals surface area contributed by atoms with Gasteiger partial charge in [0.2, 0.25) is 0 Å². The Morgan fingerprint density at radius 1 is 0.255 bits per heavy atom. The van der Waals surface area contributed by atoms with Gasteiger partial charge in [-0.25, -0.2) is 0 Å². The Morgan fingerprint density at radius 2 is 0.608 bits per heavy atom. The van der Waals surface area contributed by atoms with Gasteiger partial charge < -0.3 is 13.7 Å². The van der Waals surface area contributed by atoms with Crippen molar-refractivity contribution in [2.45, 2.75) is 0 Å². The van der Waals surface area contributed by atoms with Crippen molar-refractivity contribution in [3.05, 3.63) is 188 Å². The predicted octanol–water partition coefficient (Wildman–Crippen LogP) is 12.6. The molecule has 0 N–H and O–H groups in total. The van der Waals surface area contributed by atoms with E-state index in [9.17, 15) is 0 Å². The first kappa shape index (κ1) is 28.0. The van der Waals surface area contributed by atoms with E-state index < -0.39 is 0 Å². The van der Waals surface area contributed by atoms with Gasteiger partial charge in [0.1, 0.15) is 0 Å². The highest BCUT2D eigenvalue weighted by Crippen LogP contribution is 2.40. The van der Waals surface area contributed by atoms with Gasteiger partial charge in [-0.1, -0.05) is 127 Å². The molecule has 238 valence electrons. The third-order valence-corrected chi connectivity index (χ3v) is 10.6. The van der Waals surface area contributed by atoms with E-state index in [1.54, 1.807) is 0 Å². The Bertz CT molecular complexity index is 2990. The van der Waals surface area contributed by atoms with Crippen molar-refractivity contribution in [1.29, 1.82) is 0 Å². The molecule has 0 aliphatic carbocycles. The van der Waals surface area contributed by atoms with E-state index in [1.807, 2.05) is 0 Å². The smallest absolute Gasteiger partial charge is 0.0561 e. The van der Waals surface area contributed by atoms with Crippen LogP contribution in [0.5, 0.6) is 0 Å². The van der Waals surface area contributed by atoms with Crippen molar-refractivity contribution in [2.75, 3.05) is 0 Å². The van der Waals surface area contributed by atoms with Crippen LogP contribution in [0.3, 0.4) is 0 Å². The van der Waals surface area contributed by atoms with Crippen molar-refractivity contribution < 1.29 is 0 Å². The maximum absolute atomic E-state index is 2.46. The van der Waals surface area contributed by atoms with E-state index in [1.165, 1.54) is 76.5 Å². The fourth-order valence-electron chi connectivity index (χ4n) is 8.48. The van der Waals surface area contributed by atoms with E-state index in [0.29, 0.717) is 0 Å². The first-order valence-electron chi connectivity index (χ1n) is 17.5. The highest BCUT2D eigenvalue weighted by Gasteiger charge is 2.19. The van der Waals surface area contributed by atoms with Gasteiger partial charge in [-0.3, -0.25) is 0 Å². The fourth-order valence-corrected chi connectivity index (χ4v) is 8.48. The van der Waals surface area contributed by atoms with Crippen molar-refractivity contribution in [3.63, 3.8) is 0 Å². The molecule has 0 aliphatic heterocycles. The maximum atomic E-state index is 2.46. The van der Waals surface area contributed by atoms with Gasteiger partial charge in [-0.15, -0.1) is 0 Å². The quantitative estimate of drug-likeness (QED) is 0.180. The van der Waals surface area contributed by atoms with E-state index in [-0.39, 0.29) is 0 Å². The summed E-state index contributed by atoms with van der Waals surface area (Å²) in [4.78, 5) is 0. The molecule has 0 unspecified atom stereocenters. The zero-order valence-electron chi connectivity index (χ0n) is 27.7. The second kappa shape index (κ2) is 10.8. The normalized spacial score (nSPS) is 11.9. The Labute approximate surface area is 294 Å². The van der Waals surface area contributed by atoms with Crippen LogP contribution >= 0.6 is 0 Å². The van der Waals surface area contributed by atoms with E-state index in [2.05, 4.69) is 202 Å². The van der Waals surface area contributed by atoms with Crippen molar-refractivity contribution in [1.82, 2.24) is 13.7 Å². The molecule has 0 saturated heterocycles. The first-order chi connectivity index (χ1) is 25.3. The van der Waals surface area contributed by atoms with Crippen LogP contribution in [0.2, 0.25) is 0 Å². The molecule has 0 saturated carbocycles. The van der Waals surface area contributed by atoms with Crippen LogP contribution in [-0.2, 0) is 0 Å². The number of hydrogen-bond donors (Lipinski definition) is 0. The standard InChI is InChI=1S/C48H31N3/c1-7-22-42-36(16-1)37-17-2-8-23-43(37)49(42)33-15-13-14-32(30-33)35-29-28-34(50-44-24-9-3-18-38(44)39-19-4-10-25-45(39)50)31-48(35)51-46-26-11-5-20-40(46)41-21-6-12-27-47(41)51/h1-31H. The summed E-state index contributed by atoms with van der Waals surface area (Å²) in [5.41, 5.74) is 13.0. The molecule has 0 atom stereocenters. The lowest BCUT2D eigenvalue weighted by Gasteiger charge is -2.18. The number of hydrogen-bond acceptors (Lipinski definition) is 0. The third-order valence-electron chi connectivity index (χ3n) is 10.6. The zero-order valence-corrected chi connectivity index (χ0v) is 27.7. The lowest BCUT2D eigenvalue weighted by molar-refractivity contribution is 1.13. The molecule has 8 aromatic carbocycles. The van der Waals surface area contributed by atoms with Gasteiger partial charge >= 0.3 is 0 Å². The topological polar surface area (TPSA) is 14.8 Å². The zero-order chi connectivity index (χ0) is 33.5. The first-order valence-corrected chi connectivity index (χ1v) is 17.5. The molecule has 0 bridgehead atoms. The Hall–Kier alpha value is -6.84. The van der Waals surface area contributed by atoms with E-state index >= 15 is 0 Å². The molecule has 0 spiro atoms. The molecule has 0 fully saturated rings. The van der Waals surface area contributed by atoms with Gasteiger partial charge in [-0.05, 0) is 66.2 Å². The van der Waals surface area contributed by atoms with Crippen molar-refractivity contribution >= 4 is 65.4 Å². The molecule has 3 aromatic heterocycles.